The first-order valence-electron chi connectivity index (χ1n) is 7.34. The lowest BCUT2D eigenvalue weighted by Crippen LogP contribution is -2.40. The van der Waals surface area contributed by atoms with Crippen LogP contribution in [0.25, 0.3) is 0 Å². The molecule has 1 unspecified atom stereocenters. The minimum atomic E-state index is -3.43. The van der Waals surface area contributed by atoms with Gasteiger partial charge in [0, 0.05) is 5.41 Å². The van der Waals surface area contributed by atoms with Gasteiger partial charge in [0.2, 0.25) is 10.0 Å². The topological polar surface area (TPSA) is 69.4 Å². The molecule has 1 fully saturated rings. The van der Waals surface area contributed by atoms with Gasteiger partial charge >= 0.3 is 0 Å². The second-order valence-electron chi connectivity index (χ2n) is 6.62. The van der Waals surface area contributed by atoms with E-state index < -0.39 is 10.0 Å². The molecule has 0 bridgehead atoms. The van der Waals surface area contributed by atoms with Crippen LogP contribution < -0.4 is 5.14 Å². The van der Waals surface area contributed by atoms with E-state index in [1.807, 2.05) is 0 Å². The van der Waals surface area contributed by atoms with E-state index >= 15 is 0 Å². The Morgan fingerprint density at radius 3 is 2.21 bits per heavy atom. The van der Waals surface area contributed by atoms with Crippen LogP contribution in [0.1, 0.15) is 59.3 Å². The van der Waals surface area contributed by atoms with Gasteiger partial charge in [0.1, 0.15) is 0 Å². The van der Waals surface area contributed by atoms with Crippen LogP contribution in [0, 0.1) is 11.3 Å². The summed E-state index contributed by atoms with van der Waals surface area (Å²) >= 11 is 0. The van der Waals surface area contributed by atoms with Gasteiger partial charge in [-0.15, -0.1) is 0 Å². The maximum absolute atomic E-state index is 11.4. The molecule has 0 amide bonds. The highest BCUT2D eigenvalue weighted by Crippen LogP contribution is 2.38. The van der Waals surface area contributed by atoms with Gasteiger partial charge in [-0.2, -0.15) is 0 Å². The monoisotopic (exact) mass is 291 g/mol. The molecule has 0 heterocycles. The summed E-state index contributed by atoms with van der Waals surface area (Å²) < 4.78 is 28.8. The van der Waals surface area contributed by atoms with Gasteiger partial charge in [0.15, 0.2) is 0 Å². The Hall–Kier alpha value is -0.130. The molecule has 114 valence electrons. The van der Waals surface area contributed by atoms with Crippen LogP contribution in [0.2, 0.25) is 0 Å². The van der Waals surface area contributed by atoms with E-state index in [4.69, 9.17) is 9.88 Å². The van der Waals surface area contributed by atoms with Gasteiger partial charge in [-0.05, 0) is 32.1 Å². The zero-order chi connectivity index (χ0) is 14.5. The lowest BCUT2D eigenvalue weighted by molar-refractivity contribution is -0.0157. The van der Waals surface area contributed by atoms with Gasteiger partial charge < -0.3 is 4.74 Å². The molecule has 0 aliphatic heterocycles. The molecular weight excluding hydrogens is 262 g/mol. The first-order chi connectivity index (χ1) is 8.72. The minimum Gasteiger partial charge on any atom is -0.378 e. The van der Waals surface area contributed by atoms with Crippen LogP contribution in [0.4, 0.5) is 0 Å². The van der Waals surface area contributed by atoms with Gasteiger partial charge in [0.25, 0.3) is 0 Å². The fourth-order valence-corrected chi connectivity index (χ4v) is 4.34. The van der Waals surface area contributed by atoms with E-state index in [1.54, 1.807) is 0 Å². The summed E-state index contributed by atoms with van der Waals surface area (Å²) in [6.07, 6.45) is 6.36. The SMILES string of the molecule is CC(C)CC(C)OCC1(CS(N)(=O)=O)CCCCC1. The van der Waals surface area contributed by atoms with Crippen LogP contribution in [-0.2, 0) is 14.8 Å². The van der Waals surface area contributed by atoms with Crippen LogP contribution in [0.5, 0.6) is 0 Å². The van der Waals surface area contributed by atoms with Crippen molar-refractivity contribution in [3.05, 3.63) is 0 Å². The van der Waals surface area contributed by atoms with Gasteiger partial charge in [-0.25, -0.2) is 13.6 Å². The smallest absolute Gasteiger partial charge is 0.209 e. The summed E-state index contributed by atoms with van der Waals surface area (Å²) in [5.74, 6) is 0.657. The number of sulfonamides is 1. The summed E-state index contributed by atoms with van der Waals surface area (Å²) in [7, 11) is -3.43. The molecule has 4 nitrogen and oxygen atoms in total. The largest absolute Gasteiger partial charge is 0.378 e. The zero-order valence-electron chi connectivity index (χ0n) is 12.5. The molecule has 0 radical (unpaired) electrons. The van der Waals surface area contributed by atoms with Gasteiger partial charge in [-0.3, -0.25) is 0 Å². The van der Waals surface area contributed by atoms with Crippen molar-refractivity contribution >= 4 is 10.0 Å². The molecule has 2 N–H and O–H groups in total. The molecule has 1 rings (SSSR count). The Labute approximate surface area is 118 Å². The standard InChI is InChI=1S/C14H29NO3S/c1-12(2)9-13(3)18-10-14(11-19(15,16)17)7-5-4-6-8-14/h12-13H,4-11H2,1-3H3,(H2,15,16,17). The summed E-state index contributed by atoms with van der Waals surface area (Å²) in [5.41, 5.74) is -0.253. The summed E-state index contributed by atoms with van der Waals surface area (Å²) in [4.78, 5) is 0. The average molecular weight is 291 g/mol. The minimum absolute atomic E-state index is 0.0639. The number of rotatable bonds is 7. The maximum atomic E-state index is 11.4. The van der Waals surface area contributed by atoms with E-state index in [1.165, 1.54) is 6.42 Å². The van der Waals surface area contributed by atoms with E-state index in [2.05, 4.69) is 20.8 Å². The fourth-order valence-electron chi connectivity index (χ4n) is 3.11. The average Bonchev–Trinajstić information content (AvgIpc) is 2.24. The lowest BCUT2D eigenvalue weighted by atomic mass is 9.76. The number of primary sulfonamides is 1. The molecule has 5 heteroatoms. The Morgan fingerprint density at radius 1 is 1.16 bits per heavy atom. The molecule has 0 aromatic rings. The Bertz CT molecular complexity index is 359. The number of nitrogens with two attached hydrogens (primary N) is 1. The second kappa shape index (κ2) is 7.04. The molecule has 1 aliphatic rings. The second-order valence-corrected chi connectivity index (χ2v) is 8.23. The van der Waals surface area contributed by atoms with E-state index in [0.717, 1.165) is 32.1 Å². The Balaban J connectivity index is 2.59. The molecule has 1 atom stereocenters. The van der Waals surface area contributed by atoms with Gasteiger partial charge in [0.05, 0.1) is 18.5 Å². The predicted octanol–water partition coefficient (Wildman–Crippen LogP) is 2.68. The van der Waals surface area contributed by atoms with Crippen molar-refractivity contribution in [2.24, 2.45) is 16.5 Å². The Kier molecular flexibility index (Phi) is 6.27. The summed E-state index contributed by atoms with van der Waals surface area (Å²) in [6.45, 7) is 6.92. The molecule has 0 spiro atoms. The van der Waals surface area contributed by atoms with Crippen molar-refractivity contribution < 1.29 is 13.2 Å². The van der Waals surface area contributed by atoms with Crippen molar-refractivity contribution in [2.45, 2.75) is 65.4 Å². The quantitative estimate of drug-likeness (QED) is 0.784. The first kappa shape index (κ1) is 16.9. The number of ether oxygens (including phenoxy) is 1. The van der Waals surface area contributed by atoms with Crippen LogP contribution in [0.3, 0.4) is 0 Å². The third kappa shape index (κ3) is 6.72. The zero-order valence-corrected chi connectivity index (χ0v) is 13.3. The molecule has 0 saturated heterocycles. The molecule has 0 aromatic heterocycles. The normalized spacial score (nSPS) is 21.5. The predicted molar refractivity (Wildman–Crippen MR) is 78.4 cm³/mol. The third-order valence-electron chi connectivity index (χ3n) is 3.90. The van der Waals surface area contributed by atoms with Gasteiger partial charge in [-0.1, -0.05) is 33.1 Å². The van der Waals surface area contributed by atoms with Crippen molar-refractivity contribution in [3.8, 4) is 0 Å². The molecular formula is C14H29NO3S. The van der Waals surface area contributed by atoms with Crippen molar-refractivity contribution in [1.82, 2.24) is 0 Å². The van der Waals surface area contributed by atoms with Crippen molar-refractivity contribution in [2.75, 3.05) is 12.4 Å². The fraction of sp³-hybridized carbons (Fsp3) is 1.00. The van der Waals surface area contributed by atoms with Crippen LogP contribution >= 0.6 is 0 Å². The Morgan fingerprint density at radius 2 is 1.74 bits per heavy atom. The molecule has 0 aromatic carbocycles. The first-order valence-corrected chi connectivity index (χ1v) is 9.06. The maximum Gasteiger partial charge on any atom is 0.209 e. The summed E-state index contributed by atoms with van der Waals surface area (Å²) in [6, 6.07) is 0. The number of hydrogen-bond acceptors (Lipinski definition) is 3. The highest BCUT2D eigenvalue weighted by molar-refractivity contribution is 7.89. The van der Waals surface area contributed by atoms with E-state index in [-0.39, 0.29) is 17.3 Å². The van der Waals surface area contributed by atoms with Crippen molar-refractivity contribution in [3.63, 3.8) is 0 Å². The van der Waals surface area contributed by atoms with Crippen molar-refractivity contribution in [1.29, 1.82) is 0 Å². The lowest BCUT2D eigenvalue weighted by Gasteiger charge is -2.37. The molecule has 1 saturated carbocycles. The molecule has 19 heavy (non-hydrogen) atoms. The highest BCUT2D eigenvalue weighted by atomic mass is 32.2. The summed E-state index contributed by atoms with van der Waals surface area (Å²) in [5, 5.41) is 5.26. The van der Waals surface area contributed by atoms with Crippen LogP contribution in [-0.4, -0.2) is 26.9 Å². The van der Waals surface area contributed by atoms with Crippen LogP contribution in [0.15, 0.2) is 0 Å². The molecule has 1 aliphatic carbocycles. The van der Waals surface area contributed by atoms with E-state index in [0.29, 0.717) is 12.5 Å². The highest BCUT2D eigenvalue weighted by Gasteiger charge is 2.36. The van der Waals surface area contributed by atoms with E-state index in [9.17, 15) is 8.42 Å². The third-order valence-corrected chi connectivity index (χ3v) is 4.91. The number of hydrogen-bond donors (Lipinski definition) is 1.